The number of benzene rings is 1. The molecule has 7 heteroatoms. The highest BCUT2D eigenvalue weighted by Gasteiger charge is 2.55. The fraction of sp³-hybridized carbons (Fsp3) is 0.571. The van der Waals surface area contributed by atoms with Crippen molar-refractivity contribution >= 4 is 17.8 Å². The summed E-state index contributed by atoms with van der Waals surface area (Å²) in [6.07, 6.45) is 4.09. The maximum Gasteiger partial charge on any atom is 0.309 e. The average molecular weight is 386 g/mol. The molecule has 150 valence electrons. The molecule has 0 bridgehead atoms. The minimum Gasteiger partial charge on any atom is -0.496 e. The predicted molar refractivity (Wildman–Crippen MR) is 101 cm³/mol. The van der Waals surface area contributed by atoms with Gasteiger partial charge in [0.05, 0.1) is 24.1 Å². The number of nitrogens with zero attached hydrogens (tertiary/aromatic N) is 2. The van der Waals surface area contributed by atoms with Crippen molar-refractivity contribution in [3.8, 4) is 5.75 Å². The van der Waals surface area contributed by atoms with Gasteiger partial charge in [-0.2, -0.15) is 0 Å². The van der Waals surface area contributed by atoms with Crippen LogP contribution in [0.25, 0.3) is 0 Å². The Morgan fingerprint density at radius 1 is 1.18 bits per heavy atom. The highest BCUT2D eigenvalue weighted by atomic mass is 16.5. The number of aryl methyl sites for hydroxylation is 2. The zero-order chi connectivity index (χ0) is 20.1. The Morgan fingerprint density at radius 2 is 1.82 bits per heavy atom. The monoisotopic (exact) mass is 386 g/mol. The average Bonchev–Trinajstić information content (AvgIpc) is 3.25. The van der Waals surface area contributed by atoms with Gasteiger partial charge >= 0.3 is 5.97 Å². The van der Waals surface area contributed by atoms with Gasteiger partial charge in [-0.3, -0.25) is 14.4 Å². The van der Waals surface area contributed by atoms with Gasteiger partial charge in [0.1, 0.15) is 5.75 Å². The number of methoxy groups -OCH3 is 1. The first-order valence-corrected chi connectivity index (χ1v) is 9.86. The lowest BCUT2D eigenvalue weighted by atomic mass is 9.77. The van der Waals surface area contributed by atoms with Gasteiger partial charge in [-0.15, -0.1) is 0 Å². The molecule has 0 radical (unpaired) electrons. The maximum atomic E-state index is 13.2. The number of carbonyl (C=O) groups excluding carboxylic acids is 2. The number of hydrogen-bond acceptors (Lipinski definition) is 4. The summed E-state index contributed by atoms with van der Waals surface area (Å²) in [7, 11) is 3.27. The number of fused-ring (bicyclic) bond motifs is 1. The van der Waals surface area contributed by atoms with Crippen molar-refractivity contribution in [3.63, 3.8) is 0 Å². The van der Waals surface area contributed by atoms with Crippen LogP contribution < -0.4 is 4.74 Å². The topological polar surface area (TPSA) is 87.1 Å². The van der Waals surface area contributed by atoms with E-state index in [0.717, 1.165) is 19.3 Å². The summed E-state index contributed by atoms with van der Waals surface area (Å²) in [5, 5.41) is 9.60. The van der Waals surface area contributed by atoms with E-state index < -0.39 is 17.4 Å². The highest BCUT2D eigenvalue weighted by Crippen LogP contribution is 2.43. The third-order valence-corrected chi connectivity index (χ3v) is 6.93. The number of amides is 2. The summed E-state index contributed by atoms with van der Waals surface area (Å²) >= 11 is 0. The summed E-state index contributed by atoms with van der Waals surface area (Å²) in [5.74, 6) is -1.26. The second-order valence-corrected chi connectivity index (χ2v) is 8.12. The summed E-state index contributed by atoms with van der Waals surface area (Å²) in [5.41, 5.74) is 2.35. The molecule has 2 amide bonds. The second kappa shape index (κ2) is 6.79. The van der Waals surface area contributed by atoms with E-state index in [1.165, 1.54) is 11.1 Å². The number of ether oxygens (including phenoxy) is 1. The van der Waals surface area contributed by atoms with Crippen LogP contribution in [0.15, 0.2) is 12.1 Å². The lowest BCUT2D eigenvalue weighted by Gasteiger charge is -2.45. The molecule has 1 spiro atoms. The van der Waals surface area contributed by atoms with E-state index in [2.05, 4.69) is 0 Å². The molecule has 2 saturated heterocycles. The van der Waals surface area contributed by atoms with Gasteiger partial charge in [-0.25, -0.2) is 0 Å². The number of aliphatic carboxylic acids is 1. The minimum atomic E-state index is -0.933. The molecule has 1 atom stereocenters. The lowest BCUT2D eigenvalue weighted by Crippen LogP contribution is -2.57. The minimum absolute atomic E-state index is 0.0401. The molecule has 1 aromatic carbocycles. The van der Waals surface area contributed by atoms with Crippen LogP contribution in [0.1, 0.15) is 47.2 Å². The SMILES string of the molecule is COc1cc2c(cc1C(=O)N1CCC3(CC1)[C@H](C(=O)O)CC(=O)N3C)CCC2. The lowest BCUT2D eigenvalue weighted by molar-refractivity contribution is -0.145. The van der Waals surface area contributed by atoms with Crippen molar-refractivity contribution in [2.45, 2.75) is 44.1 Å². The van der Waals surface area contributed by atoms with Gasteiger partial charge in [-0.1, -0.05) is 0 Å². The molecule has 0 unspecified atom stereocenters. The molecule has 2 heterocycles. The standard InChI is InChI=1S/C21H26N2O5/c1-22-18(24)12-16(20(26)27)21(22)6-8-23(9-7-21)19(25)15-10-13-4-3-5-14(13)11-17(15)28-2/h10-11,16H,3-9,12H2,1-2H3,(H,26,27)/t16-/m0/s1. The van der Waals surface area contributed by atoms with Crippen LogP contribution in [0.2, 0.25) is 0 Å². The van der Waals surface area contributed by atoms with Crippen molar-refractivity contribution in [2.75, 3.05) is 27.2 Å². The first-order valence-electron chi connectivity index (χ1n) is 9.86. The molecule has 1 aliphatic carbocycles. The molecule has 2 fully saturated rings. The third-order valence-electron chi connectivity index (χ3n) is 6.93. The van der Waals surface area contributed by atoms with E-state index in [1.54, 1.807) is 24.0 Å². The van der Waals surface area contributed by atoms with Crippen LogP contribution >= 0.6 is 0 Å². The quantitative estimate of drug-likeness (QED) is 0.855. The molecule has 1 aromatic rings. The molecular weight excluding hydrogens is 360 g/mol. The Bertz CT molecular complexity index is 841. The van der Waals surface area contributed by atoms with E-state index in [4.69, 9.17) is 4.74 Å². The fourth-order valence-electron chi connectivity index (χ4n) is 5.19. The normalized spacial score (nSPS) is 23.2. The smallest absolute Gasteiger partial charge is 0.309 e. The van der Waals surface area contributed by atoms with Gasteiger partial charge in [0.2, 0.25) is 5.91 Å². The van der Waals surface area contributed by atoms with E-state index in [0.29, 0.717) is 37.2 Å². The molecule has 7 nitrogen and oxygen atoms in total. The van der Waals surface area contributed by atoms with Crippen LogP contribution in [0.5, 0.6) is 5.75 Å². The van der Waals surface area contributed by atoms with Crippen molar-refractivity contribution in [2.24, 2.45) is 5.92 Å². The van der Waals surface area contributed by atoms with Crippen LogP contribution in [0, 0.1) is 5.92 Å². The van der Waals surface area contributed by atoms with Crippen molar-refractivity contribution in [3.05, 3.63) is 28.8 Å². The molecular formula is C21H26N2O5. The zero-order valence-corrected chi connectivity index (χ0v) is 16.4. The van der Waals surface area contributed by atoms with Crippen LogP contribution in [0.3, 0.4) is 0 Å². The second-order valence-electron chi connectivity index (χ2n) is 8.12. The van der Waals surface area contributed by atoms with Crippen molar-refractivity contribution in [1.82, 2.24) is 9.80 Å². The van der Waals surface area contributed by atoms with Crippen LogP contribution in [-0.2, 0) is 22.4 Å². The number of hydrogen-bond donors (Lipinski definition) is 1. The number of carboxylic acids is 1. The Kier molecular flexibility index (Phi) is 4.56. The number of carboxylic acid groups (broad SMARTS) is 1. The summed E-state index contributed by atoms with van der Waals surface area (Å²) in [6, 6.07) is 3.93. The predicted octanol–water partition coefficient (Wildman–Crippen LogP) is 1.72. The van der Waals surface area contributed by atoms with Gasteiger partial charge in [0.15, 0.2) is 0 Å². The molecule has 2 aliphatic heterocycles. The van der Waals surface area contributed by atoms with Gasteiger partial charge in [-0.05, 0) is 55.4 Å². The van der Waals surface area contributed by atoms with Crippen molar-refractivity contribution in [1.29, 1.82) is 0 Å². The molecule has 28 heavy (non-hydrogen) atoms. The fourth-order valence-corrected chi connectivity index (χ4v) is 5.19. The van der Waals surface area contributed by atoms with Gasteiger partial charge < -0.3 is 19.6 Å². The zero-order valence-electron chi connectivity index (χ0n) is 16.4. The number of likely N-dealkylation sites (tertiary alicyclic amines) is 2. The largest absolute Gasteiger partial charge is 0.496 e. The molecule has 1 N–H and O–H groups in total. The van der Waals surface area contributed by atoms with Gasteiger partial charge in [0, 0.05) is 26.6 Å². The van der Waals surface area contributed by atoms with E-state index in [-0.39, 0.29) is 18.2 Å². The first-order chi connectivity index (χ1) is 13.4. The number of piperidine rings is 1. The summed E-state index contributed by atoms with van der Waals surface area (Å²) in [6.45, 7) is 0.862. The maximum absolute atomic E-state index is 13.2. The number of carbonyl (C=O) groups is 3. The Morgan fingerprint density at radius 3 is 2.43 bits per heavy atom. The summed E-state index contributed by atoms with van der Waals surface area (Å²) in [4.78, 5) is 40.4. The molecule has 4 rings (SSSR count). The molecule has 0 aromatic heterocycles. The molecule has 0 saturated carbocycles. The van der Waals surface area contributed by atoms with E-state index in [9.17, 15) is 19.5 Å². The first kappa shape index (κ1) is 18.8. The molecule has 3 aliphatic rings. The van der Waals surface area contributed by atoms with Crippen LogP contribution in [0.4, 0.5) is 0 Å². The van der Waals surface area contributed by atoms with Crippen molar-refractivity contribution < 1.29 is 24.2 Å². The number of rotatable bonds is 3. The Balaban J connectivity index is 1.55. The Labute approximate surface area is 164 Å². The highest BCUT2D eigenvalue weighted by molar-refractivity contribution is 5.97. The van der Waals surface area contributed by atoms with Gasteiger partial charge in [0.25, 0.3) is 5.91 Å². The van der Waals surface area contributed by atoms with E-state index >= 15 is 0 Å². The summed E-state index contributed by atoms with van der Waals surface area (Å²) < 4.78 is 5.48. The van der Waals surface area contributed by atoms with E-state index in [1.807, 2.05) is 12.1 Å². The van der Waals surface area contributed by atoms with Crippen LogP contribution in [-0.4, -0.2) is 65.5 Å². The third kappa shape index (κ3) is 2.75. The Hall–Kier alpha value is -2.57.